The molecule has 0 aliphatic carbocycles. The van der Waals surface area contributed by atoms with Gasteiger partial charge < -0.3 is 10.1 Å². The van der Waals surface area contributed by atoms with E-state index in [0.717, 1.165) is 0 Å². The van der Waals surface area contributed by atoms with Crippen LogP contribution in [0.2, 0.25) is 0 Å². The van der Waals surface area contributed by atoms with E-state index in [-0.39, 0.29) is 13.2 Å². The van der Waals surface area contributed by atoms with Crippen LogP contribution in [0.15, 0.2) is 0 Å². The first-order valence-electron chi connectivity index (χ1n) is 3.82. The normalized spacial score (nSPS) is 31.0. The molecule has 72 valence electrons. The number of methoxy groups -OCH3 is 1. The molecule has 1 rings (SSSR count). The maximum absolute atomic E-state index is 12.2. The van der Waals surface area contributed by atoms with Gasteiger partial charge in [-0.15, -0.1) is 0 Å². The van der Waals surface area contributed by atoms with E-state index in [9.17, 15) is 13.2 Å². The van der Waals surface area contributed by atoms with Crippen molar-refractivity contribution in [3.63, 3.8) is 0 Å². The highest BCUT2D eigenvalue weighted by Gasteiger charge is 2.46. The van der Waals surface area contributed by atoms with E-state index in [1.165, 1.54) is 7.11 Å². The average Bonchev–Trinajstić information content (AvgIpc) is 2.34. The van der Waals surface area contributed by atoms with E-state index in [1.54, 1.807) is 0 Å². The van der Waals surface area contributed by atoms with Crippen molar-refractivity contribution in [2.75, 3.05) is 26.8 Å². The van der Waals surface area contributed by atoms with Gasteiger partial charge in [0.2, 0.25) is 0 Å². The number of alkyl halides is 3. The van der Waals surface area contributed by atoms with E-state index < -0.39 is 18.0 Å². The van der Waals surface area contributed by atoms with Gasteiger partial charge in [-0.1, -0.05) is 0 Å². The summed E-state index contributed by atoms with van der Waals surface area (Å²) in [5, 5.41) is 2.71. The molecule has 0 unspecified atom stereocenters. The summed E-state index contributed by atoms with van der Waals surface area (Å²) in [4.78, 5) is 0. The molecule has 12 heavy (non-hydrogen) atoms. The number of rotatable bonds is 2. The fraction of sp³-hybridized carbons (Fsp3) is 1.00. The zero-order valence-electron chi connectivity index (χ0n) is 6.82. The zero-order valence-corrected chi connectivity index (χ0v) is 6.82. The van der Waals surface area contributed by atoms with Gasteiger partial charge in [-0.3, -0.25) is 0 Å². The molecule has 1 N–H and O–H groups in total. The molecule has 0 radical (unpaired) electrons. The van der Waals surface area contributed by atoms with Crippen LogP contribution in [0.25, 0.3) is 0 Å². The summed E-state index contributed by atoms with van der Waals surface area (Å²) in [6, 6.07) is 0. The van der Waals surface area contributed by atoms with Crippen molar-refractivity contribution in [3.05, 3.63) is 0 Å². The molecule has 2 atom stereocenters. The van der Waals surface area contributed by atoms with Crippen LogP contribution in [0.5, 0.6) is 0 Å². The van der Waals surface area contributed by atoms with Crippen molar-refractivity contribution < 1.29 is 17.9 Å². The highest BCUT2D eigenvalue weighted by Crippen LogP contribution is 2.34. The van der Waals surface area contributed by atoms with Crippen LogP contribution in [0, 0.1) is 11.8 Å². The second kappa shape index (κ2) is 3.62. The Hall–Kier alpha value is -0.290. The van der Waals surface area contributed by atoms with E-state index in [2.05, 4.69) is 5.32 Å². The second-order valence-electron chi connectivity index (χ2n) is 3.02. The fourth-order valence-electron chi connectivity index (χ4n) is 1.51. The highest BCUT2D eigenvalue weighted by atomic mass is 19.4. The molecular formula is C7H12F3NO. The number of halogens is 3. The Labute approximate surface area is 69.1 Å². The fourth-order valence-corrected chi connectivity index (χ4v) is 1.51. The monoisotopic (exact) mass is 183 g/mol. The third-order valence-electron chi connectivity index (χ3n) is 2.14. The molecule has 1 saturated heterocycles. The van der Waals surface area contributed by atoms with Crippen molar-refractivity contribution in [1.82, 2.24) is 5.32 Å². The van der Waals surface area contributed by atoms with Gasteiger partial charge in [-0.25, -0.2) is 0 Å². The predicted molar refractivity (Wildman–Crippen MR) is 37.8 cm³/mol. The lowest BCUT2D eigenvalue weighted by Gasteiger charge is -2.20. The van der Waals surface area contributed by atoms with Crippen LogP contribution in [-0.4, -0.2) is 33.0 Å². The predicted octanol–water partition coefficient (Wildman–Crippen LogP) is 1.03. The molecule has 5 heteroatoms. The first kappa shape index (κ1) is 9.80. The standard InChI is InChI=1S/C7H12F3NO/c1-12-4-5-2-11-3-6(5)7(8,9)10/h5-6,11H,2-4H2,1H3/t5-,6-/m0/s1. The SMILES string of the molecule is COC[C@@H]1CNC[C@@H]1C(F)(F)F. The van der Waals surface area contributed by atoms with Crippen LogP contribution in [-0.2, 0) is 4.74 Å². The molecule has 1 aliphatic rings. The van der Waals surface area contributed by atoms with Gasteiger partial charge in [0.25, 0.3) is 0 Å². The lowest BCUT2D eigenvalue weighted by atomic mass is 9.96. The van der Waals surface area contributed by atoms with Gasteiger partial charge in [0.05, 0.1) is 12.5 Å². The third-order valence-corrected chi connectivity index (χ3v) is 2.14. The first-order chi connectivity index (χ1) is 5.55. The summed E-state index contributed by atoms with van der Waals surface area (Å²) in [6.45, 7) is 0.604. The van der Waals surface area contributed by atoms with Gasteiger partial charge in [-0.05, 0) is 0 Å². The molecule has 0 saturated carbocycles. The van der Waals surface area contributed by atoms with Crippen molar-refractivity contribution in [3.8, 4) is 0 Å². The van der Waals surface area contributed by atoms with E-state index in [4.69, 9.17) is 4.74 Å². The van der Waals surface area contributed by atoms with Crippen molar-refractivity contribution >= 4 is 0 Å². The maximum Gasteiger partial charge on any atom is 0.393 e. The van der Waals surface area contributed by atoms with Gasteiger partial charge in [0.15, 0.2) is 0 Å². The molecule has 1 fully saturated rings. The topological polar surface area (TPSA) is 21.3 Å². The minimum Gasteiger partial charge on any atom is -0.384 e. The van der Waals surface area contributed by atoms with Crippen LogP contribution >= 0.6 is 0 Å². The molecular weight excluding hydrogens is 171 g/mol. The van der Waals surface area contributed by atoms with E-state index in [0.29, 0.717) is 6.54 Å². The summed E-state index contributed by atoms with van der Waals surface area (Å²) in [5.74, 6) is -1.66. The van der Waals surface area contributed by atoms with Crippen LogP contribution in [0.4, 0.5) is 13.2 Å². The Morgan fingerprint density at radius 2 is 2.08 bits per heavy atom. The zero-order chi connectivity index (χ0) is 9.19. The summed E-state index contributed by atoms with van der Waals surface area (Å²) in [5.41, 5.74) is 0. The first-order valence-corrected chi connectivity index (χ1v) is 3.82. The van der Waals surface area contributed by atoms with Crippen molar-refractivity contribution in [2.45, 2.75) is 6.18 Å². The molecule has 0 aromatic rings. The smallest absolute Gasteiger partial charge is 0.384 e. The molecule has 0 aromatic carbocycles. The molecule has 1 aliphatic heterocycles. The van der Waals surface area contributed by atoms with Gasteiger partial charge in [0.1, 0.15) is 0 Å². The Morgan fingerprint density at radius 1 is 1.42 bits per heavy atom. The molecule has 2 nitrogen and oxygen atoms in total. The minimum absolute atomic E-state index is 0.0253. The van der Waals surface area contributed by atoms with Crippen LogP contribution in [0.3, 0.4) is 0 Å². The van der Waals surface area contributed by atoms with E-state index in [1.807, 2.05) is 0 Å². The molecule has 0 spiro atoms. The summed E-state index contributed by atoms with van der Waals surface area (Å²) in [6.07, 6.45) is -4.09. The maximum atomic E-state index is 12.2. The quantitative estimate of drug-likeness (QED) is 0.690. The Kier molecular flexibility index (Phi) is 2.95. The Bertz CT molecular complexity index is 148. The van der Waals surface area contributed by atoms with Gasteiger partial charge in [-0.2, -0.15) is 13.2 Å². The average molecular weight is 183 g/mol. The third kappa shape index (κ3) is 2.10. The van der Waals surface area contributed by atoms with Crippen molar-refractivity contribution in [1.29, 1.82) is 0 Å². The number of hydrogen-bond acceptors (Lipinski definition) is 2. The summed E-state index contributed by atoms with van der Waals surface area (Å²) in [7, 11) is 1.42. The number of hydrogen-bond donors (Lipinski definition) is 1. The van der Waals surface area contributed by atoms with Gasteiger partial charge in [0, 0.05) is 26.1 Å². The summed E-state index contributed by atoms with van der Waals surface area (Å²) < 4.78 is 41.4. The van der Waals surface area contributed by atoms with Crippen LogP contribution in [0.1, 0.15) is 0 Å². The molecule has 0 aromatic heterocycles. The number of ether oxygens (including phenoxy) is 1. The Balaban J connectivity index is 2.52. The largest absolute Gasteiger partial charge is 0.393 e. The lowest BCUT2D eigenvalue weighted by molar-refractivity contribution is -0.182. The molecule has 1 heterocycles. The van der Waals surface area contributed by atoms with Gasteiger partial charge >= 0.3 is 6.18 Å². The Morgan fingerprint density at radius 3 is 2.58 bits per heavy atom. The molecule has 0 bridgehead atoms. The lowest BCUT2D eigenvalue weighted by Crippen LogP contribution is -2.31. The highest BCUT2D eigenvalue weighted by molar-refractivity contribution is 4.85. The summed E-state index contributed by atoms with van der Waals surface area (Å²) >= 11 is 0. The van der Waals surface area contributed by atoms with Crippen LogP contribution < -0.4 is 5.32 Å². The molecule has 0 amide bonds. The van der Waals surface area contributed by atoms with Crippen molar-refractivity contribution in [2.24, 2.45) is 11.8 Å². The van der Waals surface area contributed by atoms with E-state index >= 15 is 0 Å². The number of nitrogens with one attached hydrogen (secondary N) is 1. The second-order valence-corrected chi connectivity index (χ2v) is 3.02. The minimum atomic E-state index is -4.09.